The van der Waals surface area contributed by atoms with Crippen LogP contribution in [0.4, 0.5) is 11.4 Å². The summed E-state index contributed by atoms with van der Waals surface area (Å²) in [5, 5.41) is 11.7. The second-order valence-corrected chi connectivity index (χ2v) is 8.39. The number of thioether (sulfide) groups is 1. The van der Waals surface area contributed by atoms with Crippen molar-refractivity contribution < 1.29 is 19.2 Å². The van der Waals surface area contributed by atoms with Gasteiger partial charge in [-0.15, -0.1) is 11.8 Å². The summed E-state index contributed by atoms with van der Waals surface area (Å²) >= 11 is 1.62. The maximum atomic E-state index is 13.3. The van der Waals surface area contributed by atoms with E-state index < -0.39 is 4.92 Å². The number of methoxy groups -OCH3 is 1. The minimum atomic E-state index is -0.525. The standard InChI is InChI=1S/C23H22N2O5S/c1-30-15-8-11-18(20(12-15)25(28)29)24-19-4-3-5-21(26)23(19)17(13-22(24)27)14-6-9-16(31-2)10-7-14/h6-12,17H,3-5,13H2,1-2H3. The molecule has 1 unspecified atom stereocenters. The molecule has 1 amide bonds. The molecule has 1 aliphatic carbocycles. The fraction of sp³-hybridized carbons (Fsp3) is 0.304. The Labute approximate surface area is 184 Å². The first kappa shape index (κ1) is 21.1. The zero-order valence-corrected chi connectivity index (χ0v) is 18.1. The summed E-state index contributed by atoms with van der Waals surface area (Å²) in [4.78, 5) is 40.0. The van der Waals surface area contributed by atoms with Crippen molar-refractivity contribution >= 4 is 34.8 Å². The molecule has 4 rings (SSSR count). The molecule has 0 saturated heterocycles. The number of Topliss-reactive ketones (excluding diaryl/α,β-unsaturated/α-hetero) is 1. The van der Waals surface area contributed by atoms with E-state index in [1.165, 1.54) is 24.1 Å². The van der Waals surface area contributed by atoms with Gasteiger partial charge in [0.2, 0.25) is 5.91 Å². The van der Waals surface area contributed by atoms with E-state index in [1.807, 2.05) is 30.5 Å². The predicted molar refractivity (Wildman–Crippen MR) is 119 cm³/mol. The fourth-order valence-corrected chi connectivity index (χ4v) is 4.77. The molecule has 2 aliphatic rings. The van der Waals surface area contributed by atoms with Crippen LogP contribution < -0.4 is 9.64 Å². The lowest BCUT2D eigenvalue weighted by molar-refractivity contribution is -0.384. The average molecular weight is 439 g/mol. The average Bonchev–Trinajstić information content (AvgIpc) is 2.78. The first-order chi connectivity index (χ1) is 14.9. The van der Waals surface area contributed by atoms with Crippen molar-refractivity contribution in [3.63, 3.8) is 0 Å². The second-order valence-electron chi connectivity index (χ2n) is 7.51. The van der Waals surface area contributed by atoms with E-state index in [0.29, 0.717) is 36.3 Å². The summed E-state index contributed by atoms with van der Waals surface area (Å²) in [6.45, 7) is 0. The Hall–Kier alpha value is -3.13. The maximum Gasteiger partial charge on any atom is 0.297 e. The van der Waals surface area contributed by atoms with Gasteiger partial charge in [-0.2, -0.15) is 0 Å². The largest absolute Gasteiger partial charge is 0.496 e. The number of hydrogen-bond acceptors (Lipinski definition) is 6. The van der Waals surface area contributed by atoms with E-state index >= 15 is 0 Å². The molecule has 160 valence electrons. The van der Waals surface area contributed by atoms with Crippen molar-refractivity contribution in [2.24, 2.45) is 0 Å². The number of hydrogen-bond donors (Lipinski definition) is 0. The van der Waals surface area contributed by atoms with Crippen LogP contribution in [-0.2, 0) is 9.59 Å². The third kappa shape index (κ3) is 3.83. The Morgan fingerprint density at radius 3 is 2.52 bits per heavy atom. The molecule has 1 heterocycles. The van der Waals surface area contributed by atoms with E-state index in [0.717, 1.165) is 10.5 Å². The van der Waals surface area contributed by atoms with Crippen molar-refractivity contribution in [3.05, 3.63) is 69.4 Å². The number of nitrogens with zero attached hydrogens (tertiary/aromatic N) is 2. The minimum Gasteiger partial charge on any atom is -0.496 e. The molecule has 0 N–H and O–H groups in total. The number of rotatable bonds is 5. The number of nitro groups is 1. The molecule has 0 spiro atoms. The van der Waals surface area contributed by atoms with Gasteiger partial charge in [-0.05, 0) is 48.9 Å². The number of amides is 1. The lowest BCUT2D eigenvalue weighted by atomic mass is 9.77. The summed E-state index contributed by atoms with van der Waals surface area (Å²) in [6.07, 6.45) is 3.64. The normalized spacial score (nSPS) is 18.8. The fourth-order valence-electron chi connectivity index (χ4n) is 4.36. The summed E-state index contributed by atoms with van der Waals surface area (Å²) in [6, 6.07) is 12.3. The minimum absolute atomic E-state index is 0.00820. The van der Waals surface area contributed by atoms with Crippen molar-refractivity contribution in [2.45, 2.75) is 36.5 Å². The van der Waals surface area contributed by atoms with E-state index in [1.54, 1.807) is 17.8 Å². The van der Waals surface area contributed by atoms with Crippen LogP contribution in [0.25, 0.3) is 0 Å². The van der Waals surface area contributed by atoms with Crippen LogP contribution in [0.5, 0.6) is 5.75 Å². The van der Waals surface area contributed by atoms with E-state index in [9.17, 15) is 19.7 Å². The van der Waals surface area contributed by atoms with Gasteiger partial charge in [0.1, 0.15) is 11.4 Å². The van der Waals surface area contributed by atoms with Crippen molar-refractivity contribution in [3.8, 4) is 5.75 Å². The molecule has 0 bridgehead atoms. The summed E-state index contributed by atoms with van der Waals surface area (Å²) in [7, 11) is 1.43. The second kappa shape index (κ2) is 8.55. The highest BCUT2D eigenvalue weighted by Crippen LogP contribution is 2.45. The van der Waals surface area contributed by atoms with E-state index in [-0.39, 0.29) is 35.4 Å². The first-order valence-electron chi connectivity index (χ1n) is 10.00. The zero-order valence-electron chi connectivity index (χ0n) is 17.3. The highest BCUT2D eigenvalue weighted by atomic mass is 32.2. The number of carbonyl (C=O) groups excluding carboxylic acids is 2. The molecule has 2 aromatic carbocycles. The summed E-state index contributed by atoms with van der Waals surface area (Å²) < 4.78 is 5.12. The van der Waals surface area contributed by atoms with Gasteiger partial charge in [-0.3, -0.25) is 24.6 Å². The number of ether oxygens (including phenoxy) is 1. The van der Waals surface area contributed by atoms with Gasteiger partial charge in [0.15, 0.2) is 5.78 Å². The van der Waals surface area contributed by atoms with Crippen LogP contribution in [0.2, 0.25) is 0 Å². The van der Waals surface area contributed by atoms with Gasteiger partial charge in [0.25, 0.3) is 5.69 Å². The molecule has 0 aromatic heterocycles. The van der Waals surface area contributed by atoms with Crippen molar-refractivity contribution in [1.29, 1.82) is 0 Å². The molecule has 1 atom stereocenters. The number of carbonyl (C=O) groups is 2. The molecule has 31 heavy (non-hydrogen) atoms. The SMILES string of the molecule is COc1ccc(N2C(=O)CC(c3ccc(SC)cc3)C3=C2CCCC3=O)c([N+](=O)[O-])c1. The molecule has 1 aliphatic heterocycles. The third-order valence-corrected chi connectivity index (χ3v) is 6.56. The highest BCUT2D eigenvalue weighted by Gasteiger charge is 2.41. The Balaban J connectivity index is 1.86. The van der Waals surface area contributed by atoms with Crippen LogP contribution in [0, 0.1) is 10.1 Å². The van der Waals surface area contributed by atoms with E-state index in [2.05, 4.69) is 0 Å². The van der Waals surface area contributed by atoms with Gasteiger partial charge < -0.3 is 4.74 Å². The molecular weight excluding hydrogens is 416 g/mol. The van der Waals surface area contributed by atoms with E-state index in [4.69, 9.17) is 4.74 Å². The smallest absolute Gasteiger partial charge is 0.297 e. The Kier molecular flexibility index (Phi) is 5.82. The zero-order chi connectivity index (χ0) is 22.1. The predicted octanol–water partition coefficient (Wildman–Crippen LogP) is 4.85. The molecule has 0 radical (unpaired) electrons. The molecular formula is C23H22N2O5S. The van der Waals surface area contributed by atoms with Crippen LogP contribution in [0.3, 0.4) is 0 Å². The van der Waals surface area contributed by atoms with Gasteiger partial charge >= 0.3 is 0 Å². The lowest BCUT2D eigenvalue weighted by Crippen LogP contribution is -2.40. The molecule has 7 nitrogen and oxygen atoms in total. The van der Waals surface area contributed by atoms with Crippen molar-refractivity contribution in [1.82, 2.24) is 0 Å². The lowest BCUT2D eigenvalue weighted by Gasteiger charge is -2.38. The van der Waals surface area contributed by atoms with Crippen molar-refractivity contribution in [2.75, 3.05) is 18.3 Å². The van der Waals surface area contributed by atoms with Gasteiger partial charge in [-0.1, -0.05) is 12.1 Å². The number of anilines is 1. The Morgan fingerprint density at radius 1 is 1.13 bits per heavy atom. The Morgan fingerprint density at radius 2 is 1.87 bits per heavy atom. The third-order valence-electron chi connectivity index (χ3n) is 5.81. The van der Waals surface area contributed by atoms with Gasteiger partial charge in [0, 0.05) is 34.9 Å². The van der Waals surface area contributed by atoms with Crippen LogP contribution >= 0.6 is 11.8 Å². The molecule has 0 fully saturated rings. The Bertz CT molecular complexity index is 1090. The van der Waals surface area contributed by atoms with Crippen LogP contribution in [0.1, 0.15) is 37.2 Å². The molecule has 8 heteroatoms. The van der Waals surface area contributed by atoms with Gasteiger partial charge in [0.05, 0.1) is 18.1 Å². The molecule has 0 saturated carbocycles. The number of ketones is 1. The topological polar surface area (TPSA) is 89.8 Å². The van der Waals surface area contributed by atoms with Gasteiger partial charge in [-0.25, -0.2) is 0 Å². The highest BCUT2D eigenvalue weighted by molar-refractivity contribution is 7.98. The first-order valence-corrected chi connectivity index (χ1v) is 11.2. The number of benzene rings is 2. The monoisotopic (exact) mass is 438 g/mol. The maximum absolute atomic E-state index is 13.3. The summed E-state index contributed by atoms with van der Waals surface area (Å²) in [5.41, 5.74) is 2.06. The van der Waals surface area contributed by atoms with Crippen LogP contribution in [0.15, 0.2) is 58.6 Å². The number of allylic oxidation sites excluding steroid dienone is 2. The summed E-state index contributed by atoms with van der Waals surface area (Å²) in [5.74, 6) is -0.241. The van der Waals surface area contributed by atoms with Crippen LogP contribution in [-0.4, -0.2) is 30.0 Å². The quantitative estimate of drug-likeness (QED) is 0.376. The number of nitro benzene ring substituents is 1. The molecule has 2 aromatic rings.